The highest BCUT2D eigenvalue weighted by atomic mass is 16.1. The Morgan fingerprint density at radius 2 is 1.90 bits per heavy atom. The number of rotatable bonds is 4. The van der Waals surface area contributed by atoms with Crippen molar-refractivity contribution in [3.05, 3.63) is 64.1 Å². The van der Waals surface area contributed by atoms with Crippen molar-refractivity contribution in [3.63, 3.8) is 0 Å². The number of H-pyrrole nitrogens is 1. The van der Waals surface area contributed by atoms with E-state index in [2.05, 4.69) is 24.1 Å². The summed E-state index contributed by atoms with van der Waals surface area (Å²) in [6.45, 7) is 4.32. The molecule has 0 saturated carbocycles. The minimum atomic E-state index is -0.238. The van der Waals surface area contributed by atoms with Crippen molar-refractivity contribution in [3.8, 4) is 0 Å². The number of anilines is 1. The molecule has 4 heteroatoms. The molecule has 4 nitrogen and oxygen atoms in total. The van der Waals surface area contributed by atoms with Gasteiger partial charge < -0.3 is 10.3 Å². The Kier molecular flexibility index (Phi) is 4.35. The smallest absolute Gasteiger partial charge is 0.257 e. The molecule has 0 fully saturated rings. The van der Waals surface area contributed by atoms with Crippen LogP contribution in [0.4, 0.5) is 5.69 Å². The summed E-state index contributed by atoms with van der Waals surface area (Å²) in [7, 11) is 0. The summed E-state index contributed by atoms with van der Waals surface area (Å²) in [6, 6.07) is 10.7. The Morgan fingerprint density at radius 1 is 1.20 bits per heavy atom. The van der Waals surface area contributed by atoms with Gasteiger partial charge in [-0.3, -0.25) is 9.59 Å². The normalized spacial score (nSPS) is 11.9. The molecule has 1 amide bonds. The van der Waals surface area contributed by atoms with Crippen LogP contribution in [0.15, 0.2) is 47.4 Å². The molecule has 0 aliphatic heterocycles. The molecule has 0 aliphatic carbocycles. The summed E-state index contributed by atoms with van der Waals surface area (Å²) >= 11 is 0. The van der Waals surface area contributed by atoms with Gasteiger partial charge in [0.25, 0.3) is 5.91 Å². The molecule has 104 valence electrons. The Morgan fingerprint density at radius 3 is 2.45 bits per heavy atom. The predicted octanol–water partition coefficient (Wildman–Crippen LogP) is 3.14. The fraction of sp³-hybridized carbons (Fsp3) is 0.250. The molecule has 0 aliphatic rings. The fourth-order valence-corrected chi connectivity index (χ4v) is 1.89. The second-order valence-corrected chi connectivity index (χ2v) is 4.83. The highest BCUT2D eigenvalue weighted by Crippen LogP contribution is 2.20. The number of nitrogens with one attached hydrogen (secondary N) is 2. The van der Waals surface area contributed by atoms with Gasteiger partial charge in [0.15, 0.2) is 0 Å². The first-order valence-corrected chi connectivity index (χ1v) is 6.70. The van der Waals surface area contributed by atoms with Crippen LogP contribution in [0, 0.1) is 0 Å². The molecule has 2 N–H and O–H groups in total. The fourth-order valence-electron chi connectivity index (χ4n) is 1.89. The highest BCUT2D eigenvalue weighted by Gasteiger charge is 2.07. The lowest BCUT2D eigenvalue weighted by molar-refractivity contribution is 0.102. The van der Waals surface area contributed by atoms with Crippen molar-refractivity contribution < 1.29 is 4.79 Å². The van der Waals surface area contributed by atoms with Gasteiger partial charge in [-0.25, -0.2) is 0 Å². The average Bonchev–Trinajstić information content (AvgIpc) is 2.48. The zero-order chi connectivity index (χ0) is 14.5. The number of aromatic nitrogens is 1. The first-order valence-electron chi connectivity index (χ1n) is 6.70. The molecule has 0 bridgehead atoms. The third kappa shape index (κ3) is 3.35. The number of pyridine rings is 1. The van der Waals surface area contributed by atoms with E-state index in [0.29, 0.717) is 11.5 Å². The van der Waals surface area contributed by atoms with E-state index in [-0.39, 0.29) is 11.5 Å². The molecule has 0 saturated heterocycles. The molecule has 1 aromatic heterocycles. The van der Waals surface area contributed by atoms with Crippen molar-refractivity contribution in [2.45, 2.75) is 26.2 Å². The lowest BCUT2D eigenvalue weighted by Gasteiger charge is -2.10. The van der Waals surface area contributed by atoms with Gasteiger partial charge in [0.05, 0.1) is 5.56 Å². The number of carbonyl (C=O) groups excluding carboxylic acids is 1. The Labute approximate surface area is 117 Å². The second kappa shape index (κ2) is 6.19. The van der Waals surface area contributed by atoms with Gasteiger partial charge in [-0.2, -0.15) is 0 Å². The predicted molar refractivity (Wildman–Crippen MR) is 80.2 cm³/mol. The molecular weight excluding hydrogens is 252 g/mol. The Bertz CT molecular complexity index is 624. The Balaban J connectivity index is 2.08. The standard InChI is InChI=1S/C16H18N2O2/c1-3-11(2)12-4-7-14(8-5-12)18-16(20)13-6-9-15(19)17-10-13/h4-11H,3H2,1-2H3,(H,17,19)(H,18,20)/t11-/m1/s1. The number of aromatic amines is 1. The van der Waals surface area contributed by atoms with Crippen LogP contribution in [0.1, 0.15) is 42.1 Å². The van der Waals surface area contributed by atoms with Crippen LogP contribution in [0.5, 0.6) is 0 Å². The molecule has 0 spiro atoms. The highest BCUT2D eigenvalue weighted by molar-refractivity contribution is 6.03. The summed E-state index contributed by atoms with van der Waals surface area (Å²) in [5.41, 5.74) is 2.21. The molecule has 2 aromatic rings. The van der Waals surface area contributed by atoms with Gasteiger partial charge in [-0.05, 0) is 36.1 Å². The van der Waals surface area contributed by atoms with Gasteiger partial charge in [-0.1, -0.05) is 26.0 Å². The monoisotopic (exact) mass is 270 g/mol. The SMILES string of the molecule is CC[C@@H](C)c1ccc(NC(=O)c2ccc(=O)[nH]c2)cc1. The maximum Gasteiger partial charge on any atom is 0.257 e. The number of carbonyl (C=O) groups is 1. The molecule has 1 heterocycles. The van der Waals surface area contributed by atoms with E-state index >= 15 is 0 Å². The van der Waals surface area contributed by atoms with E-state index in [1.807, 2.05) is 24.3 Å². The van der Waals surface area contributed by atoms with E-state index in [1.54, 1.807) is 0 Å². The minimum Gasteiger partial charge on any atom is -0.328 e. The average molecular weight is 270 g/mol. The van der Waals surface area contributed by atoms with Crippen LogP contribution in [-0.4, -0.2) is 10.9 Å². The molecule has 1 atom stereocenters. The van der Waals surface area contributed by atoms with Gasteiger partial charge in [0.1, 0.15) is 0 Å². The molecular formula is C16H18N2O2. The zero-order valence-corrected chi connectivity index (χ0v) is 11.6. The van der Waals surface area contributed by atoms with Crippen LogP contribution in [0.3, 0.4) is 0 Å². The maximum absolute atomic E-state index is 12.0. The van der Waals surface area contributed by atoms with Crippen LogP contribution in [0.2, 0.25) is 0 Å². The summed E-state index contributed by atoms with van der Waals surface area (Å²) in [4.78, 5) is 25.4. The van der Waals surface area contributed by atoms with Gasteiger partial charge in [0.2, 0.25) is 5.56 Å². The van der Waals surface area contributed by atoms with Crippen LogP contribution >= 0.6 is 0 Å². The van der Waals surface area contributed by atoms with E-state index in [0.717, 1.165) is 12.1 Å². The Hall–Kier alpha value is -2.36. The van der Waals surface area contributed by atoms with Crippen LogP contribution < -0.4 is 10.9 Å². The van der Waals surface area contributed by atoms with E-state index < -0.39 is 0 Å². The first kappa shape index (κ1) is 14.1. The lowest BCUT2D eigenvalue weighted by Crippen LogP contribution is -2.14. The first-order chi connectivity index (χ1) is 9.60. The van der Waals surface area contributed by atoms with Crippen molar-refractivity contribution in [1.82, 2.24) is 4.98 Å². The number of benzene rings is 1. The van der Waals surface area contributed by atoms with Gasteiger partial charge in [-0.15, -0.1) is 0 Å². The molecule has 1 aromatic carbocycles. The molecule has 2 rings (SSSR count). The summed E-state index contributed by atoms with van der Waals surface area (Å²) in [6.07, 6.45) is 2.49. The third-order valence-electron chi connectivity index (χ3n) is 3.40. The van der Waals surface area contributed by atoms with Crippen LogP contribution in [-0.2, 0) is 0 Å². The van der Waals surface area contributed by atoms with Gasteiger partial charge in [0, 0.05) is 18.0 Å². The van der Waals surface area contributed by atoms with Crippen molar-refractivity contribution in [2.24, 2.45) is 0 Å². The second-order valence-electron chi connectivity index (χ2n) is 4.83. The maximum atomic E-state index is 12.0. The van der Waals surface area contributed by atoms with Crippen molar-refractivity contribution in [1.29, 1.82) is 0 Å². The minimum absolute atomic E-state index is 0.223. The number of hydrogen-bond acceptors (Lipinski definition) is 2. The molecule has 0 radical (unpaired) electrons. The third-order valence-corrected chi connectivity index (χ3v) is 3.40. The zero-order valence-electron chi connectivity index (χ0n) is 11.6. The summed E-state index contributed by atoms with van der Waals surface area (Å²) in [5, 5.41) is 2.80. The quantitative estimate of drug-likeness (QED) is 0.896. The summed E-state index contributed by atoms with van der Waals surface area (Å²) < 4.78 is 0. The molecule has 0 unspecified atom stereocenters. The lowest BCUT2D eigenvalue weighted by atomic mass is 9.99. The molecule has 20 heavy (non-hydrogen) atoms. The topological polar surface area (TPSA) is 62.0 Å². The van der Waals surface area contributed by atoms with E-state index in [4.69, 9.17) is 0 Å². The number of amides is 1. The number of hydrogen-bond donors (Lipinski definition) is 2. The van der Waals surface area contributed by atoms with Gasteiger partial charge >= 0.3 is 0 Å². The summed E-state index contributed by atoms with van der Waals surface area (Å²) in [5.74, 6) is 0.275. The van der Waals surface area contributed by atoms with E-state index in [1.165, 1.54) is 23.9 Å². The van der Waals surface area contributed by atoms with Crippen molar-refractivity contribution >= 4 is 11.6 Å². The van der Waals surface area contributed by atoms with Crippen molar-refractivity contribution in [2.75, 3.05) is 5.32 Å². The van der Waals surface area contributed by atoms with E-state index in [9.17, 15) is 9.59 Å². The largest absolute Gasteiger partial charge is 0.328 e. The van der Waals surface area contributed by atoms with Crippen LogP contribution in [0.25, 0.3) is 0 Å².